The first-order valence-corrected chi connectivity index (χ1v) is 7.23. The molecule has 0 bridgehead atoms. The van der Waals surface area contributed by atoms with Crippen LogP contribution in [0.4, 0.5) is 0 Å². The number of ether oxygens (including phenoxy) is 3. The second kappa shape index (κ2) is 7.80. The Labute approximate surface area is 134 Å². The molecule has 1 aliphatic rings. The molecule has 1 heterocycles. The number of carbonyl (C=O) groups excluding carboxylic acids is 2. The number of hydrazine groups is 1. The predicted octanol–water partition coefficient (Wildman–Crippen LogP) is 0.189. The summed E-state index contributed by atoms with van der Waals surface area (Å²) in [5, 5.41) is 2.72. The zero-order chi connectivity index (χ0) is 16.8. The highest BCUT2D eigenvalue weighted by atomic mass is 16.5. The van der Waals surface area contributed by atoms with Gasteiger partial charge >= 0.3 is 5.97 Å². The number of hydrogen-bond donors (Lipinski definition) is 3. The highest BCUT2D eigenvalue weighted by Crippen LogP contribution is 2.25. The van der Waals surface area contributed by atoms with Gasteiger partial charge in [0.2, 0.25) is 0 Å². The summed E-state index contributed by atoms with van der Waals surface area (Å²) in [5.74, 6) is -0.125. The van der Waals surface area contributed by atoms with Gasteiger partial charge in [0.05, 0.1) is 20.4 Å². The molecule has 2 unspecified atom stereocenters. The maximum atomic E-state index is 12.1. The summed E-state index contributed by atoms with van der Waals surface area (Å²) in [6, 6.07) is 4.99. The average Bonchev–Trinajstić information content (AvgIpc) is 2.96. The third-order valence-corrected chi connectivity index (χ3v) is 3.39. The standard InChI is InChI=1S/C15H21N3O5/c1-9-6-13(18-17-9)16-14(19)8-23-15(20)11-5-4-10(21-2)7-12(11)22-3/h4-5,7,9,13,17-18H,6,8H2,1-3H3,(H,16,19). The fourth-order valence-electron chi connectivity index (χ4n) is 2.22. The van der Waals surface area contributed by atoms with Crippen LogP contribution in [0.2, 0.25) is 0 Å². The van der Waals surface area contributed by atoms with E-state index in [1.165, 1.54) is 20.3 Å². The van der Waals surface area contributed by atoms with E-state index in [4.69, 9.17) is 14.2 Å². The van der Waals surface area contributed by atoms with Gasteiger partial charge in [0.15, 0.2) is 6.61 Å². The predicted molar refractivity (Wildman–Crippen MR) is 82.1 cm³/mol. The van der Waals surface area contributed by atoms with Crippen molar-refractivity contribution in [3.05, 3.63) is 23.8 Å². The number of hydrogen-bond acceptors (Lipinski definition) is 7. The Morgan fingerprint density at radius 3 is 2.65 bits per heavy atom. The monoisotopic (exact) mass is 323 g/mol. The van der Waals surface area contributed by atoms with Gasteiger partial charge < -0.3 is 19.5 Å². The molecule has 1 aromatic rings. The van der Waals surface area contributed by atoms with Gasteiger partial charge in [-0.05, 0) is 25.5 Å². The molecule has 8 heteroatoms. The van der Waals surface area contributed by atoms with Crippen molar-refractivity contribution in [2.45, 2.75) is 25.6 Å². The Kier molecular flexibility index (Phi) is 5.78. The fourth-order valence-corrected chi connectivity index (χ4v) is 2.22. The molecule has 1 aliphatic heterocycles. The van der Waals surface area contributed by atoms with Gasteiger partial charge in [0, 0.05) is 12.1 Å². The van der Waals surface area contributed by atoms with E-state index in [9.17, 15) is 9.59 Å². The number of methoxy groups -OCH3 is 2. The first-order valence-electron chi connectivity index (χ1n) is 7.23. The lowest BCUT2D eigenvalue weighted by Crippen LogP contribution is -2.45. The number of esters is 1. The molecule has 1 fully saturated rings. The average molecular weight is 323 g/mol. The molecular formula is C15H21N3O5. The SMILES string of the molecule is COc1ccc(C(=O)OCC(=O)NC2CC(C)NN2)c(OC)c1. The number of carbonyl (C=O) groups is 2. The summed E-state index contributed by atoms with van der Waals surface area (Å²) in [6.45, 7) is 1.63. The topological polar surface area (TPSA) is 97.9 Å². The van der Waals surface area contributed by atoms with Crippen molar-refractivity contribution >= 4 is 11.9 Å². The van der Waals surface area contributed by atoms with E-state index in [-0.39, 0.29) is 30.3 Å². The van der Waals surface area contributed by atoms with Crippen molar-refractivity contribution in [2.75, 3.05) is 20.8 Å². The lowest BCUT2D eigenvalue weighted by atomic mass is 10.2. The summed E-state index contributed by atoms with van der Waals surface area (Å²) in [7, 11) is 2.96. The van der Waals surface area contributed by atoms with Crippen LogP contribution in [0.1, 0.15) is 23.7 Å². The van der Waals surface area contributed by atoms with E-state index in [2.05, 4.69) is 16.2 Å². The van der Waals surface area contributed by atoms with Gasteiger partial charge in [0.1, 0.15) is 17.1 Å². The zero-order valence-electron chi connectivity index (χ0n) is 13.3. The molecule has 0 saturated carbocycles. The minimum atomic E-state index is -0.634. The van der Waals surface area contributed by atoms with Gasteiger partial charge in [-0.25, -0.2) is 10.2 Å². The molecule has 3 N–H and O–H groups in total. The van der Waals surface area contributed by atoms with Crippen molar-refractivity contribution in [2.24, 2.45) is 0 Å². The largest absolute Gasteiger partial charge is 0.497 e. The van der Waals surface area contributed by atoms with Crippen LogP contribution in [-0.4, -0.2) is 44.9 Å². The third kappa shape index (κ3) is 4.57. The molecule has 23 heavy (non-hydrogen) atoms. The lowest BCUT2D eigenvalue weighted by Gasteiger charge is -2.13. The number of amides is 1. The summed E-state index contributed by atoms with van der Waals surface area (Å²) in [4.78, 5) is 23.9. The van der Waals surface area contributed by atoms with Crippen LogP contribution in [0.3, 0.4) is 0 Å². The molecule has 0 aliphatic carbocycles. The normalized spacial score (nSPS) is 20.0. The van der Waals surface area contributed by atoms with Crippen LogP contribution in [0.15, 0.2) is 18.2 Å². The molecule has 1 aromatic carbocycles. The van der Waals surface area contributed by atoms with Crippen LogP contribution < -0.4 is 25.6 Å². The summed E-state index contributed by atoms with van der Waals surface area (Å²) >= 11 is 0. The maximum absolute atomic E-state index is 12.1. The van der Waals surface area contributed by atoms with Gasteiger partial charge in [-0.15, -0.1) is 0 Å². The first-order chi connectivity index (χ1) is 11.0. The number of rotatable bonds is 6. The van der Waals surface area contributed by atoms with Gasteiger partial charge in [-0.2, -0.15) is 0 Å². The Morgan fingerprint density at radius 1 is 1.26 bits per heavy atom. The summed E-state index contributed by atoms with van der Waals surface area (Å²) in [6.07, 6.45) is 0.582. The van der Waals surface area contributed by atoms with E-state index in [0.29, 0.717) is 11.5 Å². The lowest BCUT2D eigenvalue weighted by molar-refractivity contribution is -0.125. The van der Waals surface area contributed by atoms with Crippen LogP contribution in [-0.2, 0) is 9.53 Å². The second-order valence-electron chi connectivity index (χ2n) is 5.19. The molecule has 1 amide bonds. The summed E-state index contributed by atoms with van der Waals surface area (Å²) < 4.78 is 15.2. The van der Waals surface area contributed by atoms with E-state index in [0.717, 1.165) is 6.42 Å². The van der Waals surface area contributed by atoms with Gasteiger partial charge in [-0.1, -0.05) is 0 Å². The maximum Gasteiger partial charge on any atom is 0.342 e. The Balaban J connectivity index is 1.88. The molecule has 8 nitrogen and oxygen atoms in total. The van der Waals surface area contributed by atoms with Gasteiger partial charge in [0.25, 0.3) is 5.91 Å². The quantitative estimate of drug-likeness (QED) is 0.643. The minimum Gasteiger partial charge on any atom is -0.497 e. The first kappa shape index (κ1) is 17.0. The Morgan fingerprint density at radius 2 is 2.04 bits per heavy atom. The molecule has 2 rings (SSSR count). The minimum absolute atomic E-state index is 0.174. The van der Waals surface area contributed by atoms with Crippen LogP contribution in [0.25, 0.3) is 0 Å². The number of nitrogens with one attached hydrogen (secondary N) is 3. The van der Waals surface area contributed by atoms with E-state index >= 15 is 0 Å². The molecule has 2 atom stereocenters. The van der Waals surface area contributed by atoms with E-state index < -0.39 is 5.97 Å². The Hall–Kier alpha value is -2.32. The molecule has 0 spiro atoms. The summed E-state index contributed by atoms with van der Waals surface area (Å²) in [5.41, 5.74) is 6.15. The molecule has 0 radical (unpaired) electrons. The number of benzene rings is 1. The van der Waals surface area contributed by atoms with Crippen molar-refractivity contribution in [3.63, 3.8) is 0 Å². The van der Waals surface area contributed by atoms with Crippen molar-refractivity contribution in [1.82, 2.24) is 16.2 Å². The van der Waals surface area contributed by atoms with Crippen molar-refractivity contribution in [1.29, 1.82) is 0 Å². The molecule has 126 valence electrons. The van der Waals surface area contributed by atoms with Crippen LogP contribution in [0, 0.1) is 0 Å². The second-order valence-corrected chi connectivity index (χ2v) is 5.19. The van der Waals surface area contributed by atoms with Crippen LogP contribution >= 0.6 is 0 Å². The fraction of sp³-hybridized carbons (Fsp3) is 0.467. The van der Waals surface area contributed by atoms with Crippen molar-refractivity contribution in [3.8, 4) is 11.5 Å². The molecule has 1 saturated heterocycles. The molecule has 0 aromatic heterocycles. The van der Waals surface area contributed by atoms with Crippen LogP contribution in [0.5, 0.6) is 11.5 Å². The van der Waals surface area contributed by atoms with E-state index in [1.807, 2.05) is 6.92 Å². The van der Waals surface area contributed by atoms with Gasteiger partial charge in [-0.3, -0.25) is 10.2 Å². The third-order valence-electron chi connectivity index (χ3n) is 3.39. The zero-order valence-corrected chi connectivity index (χ0v) is 13.3. The molecular weight excluding hydrogens is 302 g/mol. The van der Waals surface area contributed by atoms with Crippen molar-refractivity contribution < 1.29 is 23.8 Å². The van der Waals surface area contributed by atoms with E-state index in [1.54, 1.807) is 12.1 Å². The smallest absolute Gasteiger partial charge is 0.342 e. The highest BCUT2D eigenvalue weighted by molar-refractivity contribution is 5.94. The highest BCUT2D eigenvalue weighted by Gasteiger charge is 2.22. The Bertz CT molecular complexity index is 578.